The van der Waals surface area contributed by atoms with Crippen LogP contribution >= 0.6 is 23.2 Å². The van der Waals surface area contributed by atoms with E-state index in [1.165, 1.54) is 0 Å². The monoisotopic (exact) mass is 486 g/mol. The average Bonchev–Trinajstić information content (AvgIpc) is 3.30. The molecule has 8 nitrogen and oxygen atoms in total. The molecule has 4 unspecified atom stereocenters. The van der Waals surface area contributed by atoms with E-state index in [4.69, 9.17) is 28.9 Å². The predicted octanol–water partition coefficient (Wildman–Crippen LogP) is 2.10. The van der Waals surface area contributed by atoms with Gasteiger partial charge in [0.25, 0.3) is 0 Å². The van der Waals surface area contributed by atoms with Crippen LogP contribution in [0, 0.1) is 18.8 Å². The Bertz CT molecular complexity index is 1250. The second-order valence-corrected chi connectivity index (χ2v) is 9.53. The summed E-state index contributed by atoms with van der Waals surface area (Å²) in [7, 11) is 0. The lowest BCUT2D eigenvalue weighted by Gasteiger charge is -2.29. The standard InChI is InChI=1S/C23H20Cl2N4O4/c1-10-6-12(24)7-13-19(10)27-22(33)23(13)18-17(15(28-23)8-16(26)30)20(31)29(21(18)32)9-11-4-2-3-5-14(11)25/h2-7,15,17-18,28H,8-9H2,1H3,(H2,26,30)(H,27,33). The van der Waals surface area contributed by atoms with Gasteiger partial charge in [0, 0.05) is 33.8 Å². The van der Waals surface area contributed by atoms with Crippen LogP contribution in [0.1, 0.15) is 23.1 Å². The largest absolute Gasteiger partial charge is 0.370 e. The Labute approximate surface area is 199 Å². The van der Waals surface area contributed by atoms with Gasteiger partial charge in [-0.25, -0.2) is 0 Å². The molecule has 2 aromatic rings. The van der Waals surface area contributed by atoms with Gasteiger partial charge in [-0.05, 0) is 36.2 Å². The number of benzene rings is 2. The summed E-state index contributed by atoms with van der Waals surface area (Å²) in [5.74, 6) is -4.09. The highest BCUT2D eigenvalue weighted by atomic mass is 35.5. The number of nitrogens with two attached hydrogens (primary N) is 1. The summed E-state index contributed by atoms with van der Waals surface area (Å²) >= 11 is 12.6. The summed E-state index contributed by atoms with van der Waals surface area (Å²) in [5, 5.41) is 6.80. The first-order valence-electron chi connectivity index (χ1n) is 10.4. The number of nitrogens with one attached hydrogen (secondary N) is 2. The molecule has 0 aromatic heterocycles. The molecule has 0 saturated carbocycles. The van der Waals surface area contributed by atoms with Gasteiger partial charge in [-0.15, -0.1) is 0 Å². The number of hydrogen-bond donors (Lipinski definition) is 3. The van der Waals surface area contributed by atoms with Gasteiger partial charge in [-0.3, -0.25) is 29.4 Å². The van der Waals surface area contributed by atoms with E-state index < -0.39 is 47.0 Å². The first-order chi connectivity index (χ1) is 15.6. The van der Waals surface area contributed by atoms with E-state index in [1.807, 2.05) is 0 Å². The van der Waals surface area contributed by atoms with Crippen LogP contribution in [-0.2, 0) is 31.3 Å². The number of rotatable bonds is 4. The minimum absolute atomic E-state index is 0.0350. The van der Waals surface area contributed by atoms with Crippen LogP contribution in [0.15, 0.2) is 36.4 Å². The molecule has 4 atom stereocenters. The highest BCUT2D eigenvalue weighted by molar-refractivity contribution is 6.31. The number of anilines is 1. The molecule has 3 aliphatic rings. The van der Waals surface area contributed by atoms with Crippen molar-refractivity contribution in [3.05, 3.63) is 63.1 Å². The molecule has 170 valence electrons. The number of likely N-dealkylation sites (tertiary alicyclic amines) is 1. The molecule has 3 aliphatic heterocycles. The predicted molar refractivity (Wildman–Crippen MR) is 121 cm³/mol. The summed E-state index contributed by atoms with van der Waals surface area (Å²) in [6, 6.07) is 9.45. The quantitative estimate of drug-likeness (QED) is 0.571. The highest BCUT2D eigenvalue weighted by Crippen LogP contribution is 2.54. The molecule has 1 spiro atoms. The van der Waals surface area contributed by atoms with E-state index >= 15 is 0 Å². The van der Waals surface area contributed by atoms with Gasteiger partial charge >= 0.3 is 0 Å². The van der Waals surface area contributed by atoms with Crippen molar-refractivity contribution in [2.45, 2.75) is 31.5 Å². The summed E-state index contributed by atoms with van der Waals surface area (Å²) in [6.07, 6.45) is -0.204. The molecular weight excluding hydrogens is 467 g/mol. The number of hydrogen-bond acceptors (Lipinski definition) is 5. The van der Waals surface area contributed by atoms with Gasteiger partial charge in [-0.2, -0.15) is 0 Å². The molecule has 0 bridgehead atoms. The smallest absolute Gasteiger partial charge is 0.250 e. The fraction of sp³-hybridized carbons (Fsp3) is 0.304. The Kier molecular flexibility index (Phi) is 5.00. The van der Waals surface area contributed by atoms with E-state index in [-0.39, 0.29) is 13.0 Å². The fourth-order valence-corrected chi connectivity index (χ4v) is 5.91. The van der Waals surface area contributed by atoms with Crippen molar-refractivity contribution in [1.82, 2.24) is 10.2 Å². The van der Waals surface area contributed by atoms with Gasteiger partial charge in [-0.1, -0.05) is 41.4 Å². The molecule has 2 fully saturated rings. The number of halogens is 2. The van der Waals surface area contributed by atoms with E-state index in [2.05, 4.69) is 10.6 Å². The third-order valence-corrected chi connectivity index (χ3v) is 7.37. The number of nitrogens with zero attached hydrogens (tertiary/aromatic N) is 1. The number of amides is 4. The third-order valence-electron chi connectivity index (χ3n) is 6.78. The minimum Gasteiger partial charge on any atom is -0.370 e. The Balaban J connectivity index is 1.64. The summed E-state index contributed by atoms with van der Waals surface area (Å²) in [4.78, 5) is 53.6. The molecule has 4 amide bonds. The minimum atomic E-state index is -1.54. The fourth-order valence-electron chi connectivity index (χ4n) is 5.44. The van der Waals surface area contributed by atoms with Crippen LogP contribution in [0.2, 0.25) is 10.0 Å². The zero-order chi connectivity index (χ0) is 23.7. The summed E-state index contributed by atoms with van der Waals surface area (Å²) < 4.78 is 0. The molecule has 2 aromatic carbocycles. The van der Waals surface area contributed by atoms with Crippen LogP contribution < -0.4 is 16.4 Å². The molecule has 2 saturated heterocycles. The lowest BCUT2D eigenvalue weighted by atomic mass is 9.76. The van der Waals surface area contributed by atoms with Crippen molar-refractivity contribution in [2.24, 2.45) is 17.6 Å². The maximum atomic E-state index is 13.7. The molecular formula is C23H20Cl2N4O4. The molecule has 10 heteroatoms. The molecule has 4 N–H and O–H groups in total. The molecule has 0 aliphatic carbocycles. The van der Waals surface area contributed by atoms with Crippen molar-refractivity contribution in [3.8, 4) is 0 Å². The topological polar surface area (TPSA) is 122 Å². The summed E-state index contributed by atoms with van der Waals surface area (Å²) in [5.41, 5.74) is 6.26. The van der Waals surface area contributed by atoms with Crippen LogP contribution in [0.4, 0.5) is 5.69 Å². The van der Waals surface area contributed by atoms with Crippen LogP contribution in [0.25, 0.3) is 0 Å². The molecule has 5 rings (SSSR count). The zero-order valence-electron chi connectivity index (χ0n) is 17.5. The second-order valence-electron chi connectivity index (χ2n) is 8.69. The Morgan fingerprint density at radius 3 is 2.58 bits per heavy atom. The number of aryl methyl sites for hydroxylation is 1. The number of carbonyl (C=O) groups excluding carboxylic acids is 4. The van der Waals surface area contributed by atoms with Crippen molar-refractivity contribution < 1.29 is 19.2 Å². The highest BCUT2D eigenvalue weighted by Gasteiger charge is 2.70. The van der Waals surface area contributed by atoms with Gasteiger partial charge in [0.1, 0.15) is 5.54 Å². The lowest BCUT2D eigenvalue weighted by Crippen LogP contribution is -2.53. The van der Waals surface area contributed by atoms with Crippen molar-refractivity contribution in [2.75, 3.05) is 5.32 Å². The SMILES string of the molecule is Cc1cc(Cl)cc2c1NC(=O)C21NC(CC(N)=O)C2C(=O)N(Cc3ccccc3Cl)C(=O)C21. The number of primary amides is 1. The first-order valence-corrected chi connectivity index (χ1v) is 11.2. The number of carbonyl (C=O) groups is 4. The van der Waals surface area contributed by atoms with E-state index in [0.717, 1.165) is 10.5 Å². The first kappa shape index (κ1) is 21.9. The van der Waals surface area contributed by atoms with E-state index in [9.17, 15) is 19.2 Å². The van der Waals surface area contributed by atoms with Gasteiger partial charge in [0.15, 0.2) is 0 Å². The number of fused-ring (bicyclic) bond motifs is 4. The second kappa shape index (κ2) is 7.55. The Hall–Kier alpha value is -2.94. The number of imide groups is 1. The third kappa shape index (κ3) is 3.08. The van der Waals surface area contributed by atoms with Gasteiger partial charge in [0.2, 0.25) is 23.6 Å². The summed E-state index contributed by atoms with van der Waals surface area (Å²) in [6.45, 7) is 1.76. The molecule has 0 radical (unpaired) electrons. The van der Waals surface area contributed by atoms with E-state index in [1.54, 1.807) is 43.3 Å². The Morgan fingerprint density at radius 2 is 1.88 bits per heavy atom. The van der Waals surface area contributed by atoms with Gasteiger partial charge < -0.3 is 11.1 Å². The normalized spacial score (nSPS) is 27.8. The maximum Gasteiger partial charge on any atom is 0.250 e. The zero-order valence-corrected chi connectivity index (χ0v) is 19.0. The molecule has 33 heavy (non-hydrogen) atoms. The maximum absolute atomic E-state index is 13.7. The van der Waals surface area contributed by atoms with Crippen molar-refractivity contribution in [3.63, 3.8) is 0 Å². The van der Waals surface area contributed by atoms with E-state index in [0.29, 0.717) is 26.9 Å². The van der Waals surface area contributed by atoms with Crippen molar-refractivity contribution >= 4 is 52.5 Å². The van der Waals surface area contributed by atoms with Crippen LogP contribution in [0.5, 0.6) is 0 Å². The van der Waals surface area contributed by atoms with Crippen LogP contribution in [0.3, 0.4) is 0 Å². The Morgan fingerprint density at radius 1 is 1.15 bits per heavy atom. The van der Waals surface area contributed by atoms with Gasteiger partial charge in [0.05, 0.1) is 18.4 Å². The lowest BCUT2D eigenvalue weighted by molar-refractivity contribution is -0.143. The van der Waals surface area contributed by atoms with Crippen LogP contribution in [-0.4, -0.2) is 34.6 Å². The molecule has 3 heterocycles. The van der Waals surface area contributed by atoms with Crippen molar-refractivity contribution in [1.29, 1.82) is 0 Å². The average molecular weight is 487 g/mol.